The molecule has 0 saturated heterocycles. The SMILES string of the molecule is Clc1ccnc2[nH]cc(-c3ccn[nH]3)c12. The van der Waals surface area contributed by atoms with Crippen LogP contribution in [-0.4, -0.2) is 20.2 Å². The predicted octanol–water partition coefficient (Wildman–Crippen LogP) is 2.61. The molecule has 15 heavy (non-hydrogen) atoms. The normalized spacial score (nSPS) is 11.0. The number of halogens is 1. The number of fused-ring (bicyclic) bond motifs is 1. The van der Waals surface area contributed by atoms with Gasteiger partial charge in [0.2, 0.25) is 0 Å². The Morgan fingerprint density at radius 1 is 1.20 bits per heavy atom. The van der Waals surface area contributed by atoms with Gasteiger partial charge >= 0.3 is 0 Å². The van der Waals surface area contributed by atoms with Crippen LogP contribution in [0.5, 0.6) is 0 Å². The second kappa shape index (κ2) is 3.10. The molecule has 74 valence electrons. The zero-order chi connectivity index (χ0) is 10.3. The van der Waals surface area contributed by atoms with Crippen molar-refractivity contribution in [1.82, 2.24) is 20.2 Å². The largest absolute Gasteiger partial charge is 0.345 e. The lowest BCUT2D eigenvalue weighted by molar-refractivity contribution is 1.10. The maximum Gasteiger partial charge on any atom is 0.139 e. The summed E-state index contributed by atoms with van der Waals surface area (Å²) in [6.07, 6.45) is 5.26. The topological polar surface area (TPSA) is 57.4 Å². The zero-order valence-electron chi connectivity index (χ0n) is 7.66. The molecule has 0 aromatic carbocycles. The van der Waals surface area contributed by atoms with Crippen molar-refractivity contribution in [3.05, 3.63) is 35.7 Å². The van der Waals surface area contributed by atoms with E-state index in [1.54, 1.807) is 18.5 Å². The van der Waals surface area contributed by atoms with E-state index < -0.39 is 0 Å². The third kappa shape index (κ3) is 1.22. The lowest BCUT2D eigenvalue weighted by Gasteiger charge is -1.96. The van der Waals surface area contributed by atoms with Crippen molar-refractivity contribution in [1.29, 1.82) is 0 Å². The van der Waals surface area contributed by atoms with Crippen LogP contribution in [0.2, 0.25) is 5.02 Å². The first-order chi connectivity index (χ1) is 7.36. The number of H-pyrrole nitrogens is 2. The maximum absolute atomic E-state index is 6.13. The Balaban J connectivity index is 2.37. The number of aromatic amines is 2. The standard InChI is InChI=1S/C10H7ClN4/c11-7-1-3-12-10-9(7)6(5-13-10)8-2-4-14-15-8/h1-5H,(H,12,13)(H,14,15). The summed E-state index contributed by atoms with van der Waals surface area (Å²) in [5.74, 6) is 0. The van der Waals surface area contributed by atoms with Crippen molar-refractivity contribution in [3.63, 3.8) is 0 Å². The molecule has 3 heterocycles. The van der Waals surface area contributed by atoms with E-state index in [0.29, 0.717) is 5.02 Å². The number of aromatic nitrogens is 4. The quantitative estimate of drug-likeness (QED) is 0.660. The summed E-state index contributed by atoms with van der Waals surface area (Å²) in [7, 11) is 0. The van der Waals surface area contributed by atoms with Gasteiger partial charge in [-0.25, -0.2) is 4.98 Å². The molecular weight excluding hydrogens is 212 g/mol. The summed E-state index contributed by atoms with van der Waals surface area (Å²) < 4.78 is 0. The number of nitrogens with zero attached hydrogens (tertiary/aromatic N) is 2. The van der Waals surface area contributed by atoms with E-state index in [1.807, 2.05) is 12.3 Å². The molecule has 0 saturated carbocycles. The highest BCUT2D eigenvalue weighted by Gasteiger charge is 2.10. The van der Waals surface area contributed by atoms with Crippen molar-refractivity contribution in [3.8, 4) is 11.3 Å². The maximum atomic E-state index is 6.13. The van der Waals surface area contributed by atoms with Crippen LogP contribution in [0.4, 0.5) is 0 Å². The van der Waals surface area contributed by atoms with Gasteiger partial charge in [0.05, 0.1) is 10.7 Å². The summed E-state index contributed by atoms with van der Waals surface area (Å²) in [6, 6.07) is 3.67. The van der Waals surface area contributed by atoms with Crippen LogP contribution < -0.4 is 0 Å². The highest BCUT2D eigenvalue weighted by atomic mass is 35.5. The van der Waals surface area contributed by atoms with Gasteiger partial charge < -0.3 is 4.98 Å². The molecule has 0 aliphatic heterocycles. The number of nitrogens with one attached hydrogen (secondary N) is 2. The minimum absolute atomic E-state index is 0.686. The fourth-order valence-corrected chi connectivity index (χ4v) is 1.88. The number of pyridine rings is 1. The molecule has 0 aliphatic rings. The second-order valence-electron chi connectivity index (χ2n) is 3.19. The molecule has 5 heteroatoms. The van der Waals surface area contributed by atoms with Gasteiger partial charge in [0, 0.05) is 29.5 Å². The van der Waals surface area contributed by atoms with Crippen molar-refractivity contribution in [2.45, 2.75) is 0 Å². The van der Waals surface area contributed by atoms with Crippen LogP contribution >= 0.6 is 11.6 Å². The highest BCUT2D eigenvalue weighted by molar-refractivity contribution is 6.36. The van der Waals surface area contributed by atoms with Crippen LogP contribution in [0.15, 0.2) is 30.7 Å². The molecule has 0 amide bonds. The van der Waals surface area contributed by atoms with Crippen LogP contribution in [0, 0.1) is 0 Å². The van der Waals surface area contributed by atoms with Crippen LogP contribution in [0.1, 0.15) is 0 Å². The molecule has 0 spiro atoms. The fraction of sp³-hybridized carbons (Fsp3) is 0. The number of hydrogen-bond acceptors (Lipinski definition) is 2. The Morgan fingerprint density at radius 2 is 2.13 bits per heavy atom. The smallest absolute Gasteiger partial charge is 0.139 e. The Hall–Kier alpha value is -1.81. The Morgan fingerprint density at radius 3 is 2.93 bits per heavy atom. The van der Waals surface area contributed by atoms with E-state index in [9.17, 15) is 0 Å². The third-order valence-electron chi connectivity index (χ3n) is 2.31. The van der Waals surface area contributed by atoms with Gasteiger partial charge in [0.15, 0.2) is 0 Å². The van der Waals surface area contributed by atoms with Gasteiger partial charge in [-0.1, -0.05) is 11.6 Å². The van der Waals surface area contributed by atoms with Gasteiger partial charge in [-0.05, 0) is 12.1 Å². The summed E-state index contributed by atoms with van der Waals surface area (Å²) in [5.41, 5.74) is 2.70. The minimum Gasteiger partial charge on any atom is -0.345 e. The third-order valence-corrected chi connectivity index (χ3v) is 2.63. The second-order valence-corrected chi connectivity index (χ2v) is 3.60. The Bertz CT molecular complexity index is 597. The molecule has 0 aliphatic carbocycles. The van der Waals surface area contributed by atoms with E-state index >= 15 is 0 Å². The van der Waals surface area contributed by atoms with Gasteiger partial charge in [-0.3, -0.25) is 5.10 Å². The van der Waals surface area contributed by atoms with E-state index in [4.69, 9.17) is 11.6 Å². The molecule has 0 radical (unpaired) electrons. The number of rotatable bonds is 1. The van der Waals surface area contributed by atoms with E-state index in [0.717, 1.165) is 22.3 Å². The van der Waals surface area contributed by atoms with Crippen molar-refractivity contribution < 1.29 is 0 Å². The van der Waals surface area contributed by atoms with Gasteiger partial charge in [-0.15, -0.1) is 0 Å². The molecule has 3 aromatic rings. The van der Waals surface area contributed by atoms with E-state index in [2.05, 4.69) is 20.2 Å². The minimum atomic E-state index is 0.686. The first kappa shape index (κ1) is 8.49. The Kier molecular flexibility index (Phi) is 1.76. The van der Waals surface area contributed by atoms with Gasteiger partial charge in [-0.2, -0.15) is 5.10 Å². The average molecular weight is 219 g/mol. The van der Waals surface area contributed by atoms with Gasteiger partial charge in [0.25, 0.3) is 0 Å². The van der Waals surface area contributed by atoms with Crippen LogP contribution in [0.3, 0.4) is 0 Å². The summed E-state index contributed by atoms with van der Waals surface area (Å²) in [6.45, 7) is 0. The molecule has 2 N–H and O–H groups in total. The van der Waals surface area contributed by atoms with Crippen LogP contribution in [0.25, 0.3) is 22.3 Å². The highest BCUT2D eigenvalue weighted by Crippen LogP contribution is 2.31. The monoisotopic (exact) mass is 218 g/mol. The molecular formula is C10H7ClN4. The van der Waals surface area contributed by atoms with Crippen molar-refractivity contribution >= 4 is 22.6 Å². The van der Waals surface area contributed by atoms with Crippen molar-refractivity contribution in [2.75, 3.05) is 0 Å². The van der Waals surface area contributed by atoms with E-state index in [1.165, 1.54) is 0 Å². The van der Waals surface area contributed by atoms with Crippen molar-refractivity contribution in [2.24, 2.45) is 0 Å². The predicted molar refractivity (Wildman–Crippen MR) is 58.7 cm³/mol. The summed E-state index contributed by atoms with van der Waals surface area (Å²) >= 11 is 6.13. The molecule has 4 nitrogen and oxygen atoms in total. The molecule has 0 atom stereocenters. The Labute approximate surface area is 90.3 Å². The first-order valence-electron chi connectivity index (χ1n) is 4.47. The van der Waals surface area contributed by atoms with Crippen LogP contribution in [-0.2, 0) is 0 Å². The van der Waals surface area contributed by atoms with Gasteiger partial charge in [0.1, 0.15) is 5.65 Å². The average Bonchev–Trinajstić information content (AvgIpc) is 2.85. The molecule has 3 rings (SSSR count). The number of hydrogen-bond donors (Lipinski definition) is 2. The lowest BCUT2D eigenvalue weighted by Crippen LogP contribution is -1.78. The first-order valence-corrected chi connectivity index (χ1v) is 4.85. The molecule has 0 bridgehead atoms. The fourth-order valence-electron chi connectivity index (χ4n) is 1.63. The summed E-state index contributed by atoms with van der Waals surface area (Å²) in [4.78, 5) is 7.27. The molecule has 0 unspecified atom stereocenters. The molecule has 3 aromatic heterocycles. The summed E-state index contributed by atoms with van der Waals surface area (Å²) in [5, 5.41) is 8.42. The lowest BCUT2D eigenvalue weighted by atomic mass is 10.1. The molecule has 0 fully saturated rings. The zero-order valence-corrected chi connectivity index (χ0v) is 8.42. The van der Waals surface area contributed by atoms with E-state index in [-0.39, 0.29) is 0 Å².